The van der Waals surface area contributed by atoms with Crippen molar-refractivity contribution in [1.82, 2.24) is 5.32 Å². The van der Waals surface area contributed by atoms with Gasteiger partial charge in [-0.05, 0) is 58.4 Å². The summed E-state index contributed by atoms with van der Waals surface area (Å²) in [6, 6.07) is 5.93. The summed E-state index contributed by atoms with van der Waals surface area (Å²) in [6.45, 7) is 10.0. The molecule has 0 aliphatic rings. The second-order valence-corrected chi connectivity index (χ2v) is 6.11. The predicted molar refractivity (Wildman–Crippen MR) is 85.1 cm³/mol. The summed E-state index contributed by atoms with van der Waals surface area (Å²) in [7, 11) is 1.65. The van der Waals surface area contributed by atoms with Gasteiger partial charge in [-0.3, -0.25) is 0 Å². The van der Waals surface area contributed by atoms with Gasteiger partial charge in [0.1, 0.15) is 11.4 Å². The van der Waals surface area contributed by atoms with Crippen LogP contribution in [0.2, 0.25) is 0 Å². The highest BCUT2D eigenvalue weighted by molar-refractivity contribution is 5.67. The molecule has 0 fully saturated rings. The molecular weight excluding hydrogens is 268 g/mol. The molecule has 1 unspecified atom stereocenters. The zero-order valence-corrected chi connectivity index (χ0v) is 13.7. The van der Waals surface area contributed by atoms with Crippen LogP contribution in [0.25, 0.3) is 0 Å². The van der Waals surface area contributed by atoms with Crippen molar-refractivity contribution in [3.8, 4) is 5.75 Å². The molecule has 5 nitrogen and oxygen atoms in total. The van der Waals surface area contributed by atoms with Gasteiger partial charge in [0.25, 0.3) is 0 Å². The molecule has 0 spiro atoms. The summed E-state index contributed by atoms with van der Waals surface area (Å²) >= 11 is 0. The molecule has 0 radical (unpaired) electrons. The second-order valence-electron chi connectivity index (χ2n) is 6.11. The van der Waals surface area contributed by atoms with Crippen molar-refractivity contribution < 1.29 is 14.3 Å². The number of rotatable bonds is 5. The minimum Gasteiger partial charge on any atom is -0.497 e. The van der Waals surface area contributed by atoms with Crippen LogP contribution in [0, 0.1) is 6.92 Å². The van der Waals surface area contributed by atoms with Crippen molar-refractivity contribution in [2.75, 3.05) is 19.0 Å². The van der Waals surface area contributed by atoms with Crippen molar-refractivity contribution in [3.05, 3.63) is 23.8 Å². The fourth-order valence-corrected chi connectivity index (χ4v) is 1.79. The van der Waals surface area contributed by atoms with Crippen molar-refractivity contribution >= 4 is 11.8 Å². The molecule has 1 rings (SSSR count). The van der Waals surface area contributed by atoms with Crippen LogP contribution >= 0.6 is 0 Å². The van der Waals surface area contributed by atoms with Crippen molar-refractivity contribution in [2.24, 2.45) is 0 Å². The van der Waals surface area contributed by atoms with E-state index >= 15 is 0 Å². The van der Waals surface area contributed by atoms with Gasteiger partial charge < -0.3 is 20.1 Å². The van der Waals surface area contributed by atoms with Gasteiger partial charge in [0, 0.05) is 18.3 Å². The van der Waals surface area contributed by atoms with Crippen LogP contribution in [-0.4, -0.2) is 31.4 Å². The Hall–Kier alpha value is -1.91. The lowest BCUT2D eigenvalue weighted by molar-refractivity contribution is 0.0526. The molecule has 0 aliphatic heterocycles. The molecule has 118 valence electrons. The van der Waals surface area contributed by atoms with Crippen LogP contribution in [0.5, 0.6) is 5.75 Å². The maximum absolute atomic E-state index is 11.6. The number of carbonyl (C=O) groups excluding carboxylic acids is 1. The summed E-state index contributed by atoms with van der Waals surface area (Å²) in [5.41, 5.74) is 1.64. The SMILES string of the molecule is COc1ccc(NC(C)CNC(=O)OC(C)(C)C)c(C)c1. The number of hydrogen-bond donors (Lipinski definition) is 2. The second kappa shape index (κ2) is 7.20. The van der Waals surface area contributed by atoms with Gasteiger partial charge >= 0.3 is 6.09 Å². The Kier molecular flexibility index (Phi) is 5.88. The number of ether oxygens (including phenoxy) is 2. The van der Waals surface area contributed by atoms with E-state index in [0.29, 0.717) is 6.54 Å². The lowest BCUT2D eigenvalue weighted by Gasteiger charge is -2.22. The number of benzene rings is 1. The molecule has 1 amide bonds. The van der Waals surface area contributed by atoms with E-state index in [1.54, 1.807) is 7.11 Å². The van der Waals surface area contributed by atoms with Gasteiger partial charge in [-0.1, -0.05) is 0 Å². The van der Waals surface area contributed by atoms with E-state index < -0.39 is 11.7 Å². The zero-order chi connectivity index (χ0) is 16.0. The van der Waals surface area contributed by atoms with Gasteiger partial charge in [0.15, 0.2) is 0 Å². The highest BCUT2D eigenvalue weighted by Crippen LogP contribution is 2.21. The highest BCUT2D eigenvalue weighted by Gasteiger charge is 2.16. The number of alkyl carbamates (subject to hydrolysis) is 1. The first kappa shape index (κ1) is 17.1. The Balaban J connectivity index is 2.47. The molecule has 0 heterocycles. The third-order valence-electron chi connectivity index (χ3n) is 2.79. The first-order valence-electron chi connectivity index (χ1n) is 7.09. The number of methoxy groups -OCH3 is 1. The van der Waals surface area contributed by atoms with Crippen LogP contribution in [0.1, 0.15) is 33.3 Å². The van der Waals surface area contributed by atoms with Crippen LogP contribution in [0.15, 0.2) is 18.2 Å². The molecule has 0 aromatic heterocycles. The number of anilines is 1. The standard InChI is InChI=1S/C16H26N2O3/c1-11-9-13(20-6)7-8-14(11)18-12(2)10-17-15(19)21-16(3,4)5/h7-9,12,18H,10H2,1-6H3,(H,17,19). The molecule has 0 saturated carbocycles. The Morgan fingerprint density at radius 3 is 2.52 bits per heavy atom. The summed E-state index contributed by atoms with van der Waals surface area (Å²) in [4.78, 5) is 11.6. The lowest BCUT2D eigenvalue weighted by atomic mass is 10.1. The quantitative estimate of drug-likeness (QED) is 0.874. The largest absolute Gasteiger partial charge is 0.497 e. The predicted octanol–water partition coefficient (Wildman–Crippen LogP) is 3.33. The Morgan fingerprint density at radius 1 is 1.33 bits per heavy atom. The first-order chi connectivity index (χ1) is 9.71. The van der Waals surface area contributed by atoms with E-state index in [1.807, 2.05) is 52.8 Å². The van der Waals surface area contributed by atoms with Crippen LogP contribution < -0.4 is 15.4 Å². The van der Waals surface area contributed by atoms with Gasteiger partial charge in [-0.25, -0.2) is 4.79 Å². The zero-order valence-electron chi connectivity index (χ0n) is 13.7. The number of carbonyl (C=O) groups is 1. The van der Waals surface area contributed by atoms with E-state index in [0.717, 1.165) is 17.0 Å². The smallest absolute Gasteiger partial charge is 0.407 e. The Bertz CT molecular complexity index is 481. The molecule has 1 atom stereocenters. The minimum atomic E-state index is -0.479. The molecule has 2 N–H and O–H groups in total. The third kappa shape index (κ3) is 6.38. The summed E-state index contributed by atoms with van der Waals surface area (Å²) < 4.78 is 10.4. The maximum Gasteiger partial charge on any atom is 0.407 e. The average Bonchev–Trinajstić information content (AvgIpc) is 2.37. The fraction of sp³-hybridized carbons (Fsp3) is 0.562. The first-order valence-corrected chi connectivity index (χ1v) is 7.09. The van der Waals surface area contributed by atoms with E-state index in [9.17, 15) is 4.79 Å². The van der Waals surface area contributed by atoms with Crippen molar-refractivity contribution in [3.63, 3.8) is 0 Å². The van der Waals surface area contributed by atoms with E-state index in [-0.39, 0.29) is 6.04 Å². The van der Waals surface area contributed by atoms with Crippen LogP contribution in [0.4, 0.5) is 10.5 Å². The summed E-state index contributed by atoms with van der Waals surface area (Å²) in [5, 5.41) is 6.11. The minimum absolute atomic E-state index is 0.0876. The van der Waals surface area contributed by atoms with Crippen molar-refractivity contribution in [1.29, 1.82) is 0 Å². The molecule has 0 aliphatic carbocycles. The summed E-state index contributed by atoms with van der Waals surface area (Å²) in [6.07, 6.45) is -0.400. The van der Waals surface area contributed by atoms with Crippen molar-refractivity contribution in [2.45, 2.75) is 46.3 Å². The monoisotopic (exact) mass is 294 g/mol. The number of hydrogen-bond acceptors (Lipinski definition) is 4. The normalized spacial score (nSPS) is 12.5. The molecule has 0 bridgehead atoms. The summed E-state index contributed by atoms with van der Waals surface area (Å²) in [5.74, 6) is 0.831. The maximum atomic E-state index is 11.6. The molecule has 1 aromatic carbocycles. The van der Waals surface area contributed by atoms with Crippen LogP contribution in [-0.2, 0) is 4.74 Å². The third-order valence-corrected chi connectivity index (χ3v) is 2.79. The molecular formula is C16H26N2O3. The van der Waals surface area contributed by atoms with Gasteiger partial charge in [-0.2, -0.15) is 0 Å². The fourth-order valence-electron chi connectivity index (χ4n) is 1.79. The number of nitrogens with one attached hydrogen (secondary N) is 2. The Labute approximate surface area is 127 Å². The molecule has 21 heavy (non-hydrogen) atoms. The topological polar surface area (TPSA) is 59.6 Å². The van der Waals surface area contributed by atoms with E-state index in [2.05, 4.69) is 10.6 Å². The van der Waals surface area contributed by atoms with Crippen LogP contribution in [0.3, 0.4) is 0 Å². The Morgan fingerprint density at radius 2 is 2.00 bits per heavy atom. The van der Waals surface area contributed by atoms with E-state index in [1.165, 1.54) is 0 Å². The van der Waals surface area contributed by atoms with Gasteiger partial charge in [0.05, 0.1) is 7.11 Å². The number of amides is 1. The highest BCUT2D eigenvalue weighted by atomic mass is 16.6. The number of aryl methyl sites for hydroxylation is 1. The van der Waals surface area contributed by atoms with E-state index in [4.69, 9.17) is 9.47 Å². The lowest BCUT2D eigenvalue weighted by Crippen LogP contribution is -2.38. The molecule has 0 saturated heterocycles. The molecule has 1 aromatic rings. The van der Waals surface area contributed by atoms with Gasteiger partial charge in [0.2, 0.25) is 0 Å². The van der Waals surface area contributed by atoms with Gasteiger partial charge in [-0.15, -0.1) is 0 Å². The molecule has 5 heteroatoms. The average molecular weight is 294 g/mol.